The molecule has 0 atom stereocenters. The van der Waals surface area contributed by atoms with Crippen molar-refractivity contribution in [3.8, 4) is 0 Å². The summed E-state index contributed by atoms with van der Waals surface area (Å²) >= 11 is 0. The summed E-state index contributed by atoms with van der Waals surface area (Å²) in [5.41, 5.74) is 2.43. The number of benzene rings is 1. The lowest BCUT2D eigenvalue weighted by Crippen LogP contribution is -2.28. The zero-order valence-corrected chi connectivity index (χ0v) is 11.6. The molecule has 1 aromatic carbocycles. The summed E-state index contributed by atoms with van der Waals surface area (Å²) < 4.78 is 27.2. The van der Waals surface area contributed by atoms with Gasteiger partial charge in [-0.15, -0.1) is 0 Å². The minimum Gasteiger partial charge on any atom is -0.334 e. The van der Waals surface area contributed by atoms with E-state index in [-0.39, 0.29) is 5.75 Å². The van der Waals surface area contributed by atoms with Crippen molar-refractivity contribution in [2.45, 2.75) is 13.3 Å². The summed E-state index contributed by atoms with van der Waals surface area (Å²) in [7, 11) is 0.261. The van der Waals surface area contributed by atoms with Gasteiger partial charge in [-0.3, -0.25) is 4.31 Å². The van der Waals surface area contributed by atoms with Gasteiger partial charge in [0.25, 0.3) is 0 Å². The molecule has 0 N–H and O–H groups in total. The third-order valence-corrected chi connectivity index (χ3v) is 4.92. The van der Waals surface area contributed by atoms with Crippen LogP contribution in [0.2, 0.25) is 0 Å². The highest BCUT2D eigenvalue weighted by molar-refractivity contribution is 7.92. The molecule has 0 spiro atoms. The molecule has 0 aliphatic heterocycles. The molecule has 18 heavy (non-hydrogen) atoms. The lowest BCUT2D eigenvalue weighted by atomic mass is 10.3. The van der Waals surface area contributed by atoms with Crippen molar-refractivity contribution in [3.63, 3.8) is 0 Å². The van der Waals surface area contributed by atoms with E-state index in [1.807, 2.05) is 24.6 Å². The Morgan fingerprint density at radius 3 is 2.78 bits per heavy atom. The van der Waals surface area contributed by atoms with Crippen LogP contribution >= 0.6 is 0 Å². The van der Waals surface area contributed by atoms with E-state index >= 15 is 0 Å². The van der Waals surface area contributed by atoms with Gasteiger partial charge in [0.1, 0.15) is 0 Å². The second-order valence-electron chi connectivity index (χ2n) is 4.31. The maximum atomic E-state index is 12.0. The van der Waals surface area contributed by atoms with Crippen molar-refractivity contribution >= 4 is 26.7 Å². The topological polar surface area (TPSA) is 55.2 Å². The minimum absolute atomic E-state index is 0.157. The van der Waals surface area contributed by atoms with Gasteiger partial charge >= 0.3 is 0 Å². The van der Waals surface area contributed by atoms with Crippen LogP contribution < -0.4 is 4.31 Å². The van der Waals surface area contributed by atoms with Gasteiger partial charge in [-0.05, 0) is 24.6 Å². The molecule has 0 unspecified atom stereocenters. The molecule has 1 heterocycles. The first-order chi connectivity index (χ1) is 8.45. The third-order valence-electron chi connectivity index (χ3n) is 2.95. The summed E-state index contributed by atoms with van der Waals surface area (Å²) in [4.78, 5) is 4.23. The molecule has 6 heteroatoms. The smallest absolute Gasteiger partial charge is 0.234 e. The van der Waals surface area contributed by atoms with Crippen LogP contribution in [-0.2, 0) is 17.1 Å². The summed E-state index contributed by atoms with van der Waals surface area (Å²) in [5.74, 6) is 0.157. The molecule has 0 saturated carbocycles. The fraction of sp³-hybridized carbons (Fsp3) is 0.417. The largest absolute Gasteiger partial charge is 0.334 e. The first kappa shape index (κ1) is 12.9. The van der Waals surface area contributed by atoms with E-state index in [2.05, 4.69) is 4.98 Å². The lowest BCUT2D eigenvalue weighted by molar-refractivity contribution is 0.593. The van der Waals surface area contributed by atoms with Crippen molar-refractivity contribution in [1.29, 1.82) is 0 Å². The average molecular weight is 267 g/mol. The Balaban J connectivity index is 2.42. The van der Waals surface area contributed by atoms with Gasteiger partial charge < -0.3 is 4.57 Å². The summed E-state index contributed by atoms with van der Waals surface area (Å²) in [6.45, 7) is 1.85. The van der Waals surface area contributed by atoms with Crippen LogP contribution in [0.3, 0.4) is 0 Å². The number of rotatable bonds is 4. The van der Waals surface area contributed by atoms with Gasteiger partial charge in [0.05, 0.1) is 28.8 Å². The Morgan fingerprint density at radius 2 is 2.11 bits per heavy atom. The van der Waals surface area contributed by atoms with Crippen molar-refractivity contribution in [2.24, 2.45) is 7.05 Å². The monoisotopic (exact) mass is 267 g/mol. The van der Waals surface area contributed by atoms with Crippen molar-refractivity contribution in [2.75, 3.05) is 17.1 Å². The fourth-order valence-electron chi connectivity index (χ4n) is 1.88. The van der Waals surface area contributed by atoms with Crippen molar-refractivity contribution in [3.05, 3.63) is 24.5 Å². The van der Waals surface area contributed by atoms with E-state index < -0.39 is 10.0 Å². The highest BCUT2D eigenvalue weighted by atomic mass is 32.2. The second kappa shape index (κ2) is 4.61. The Morgan fingerprint density at radius 1 is 1.39 bits per heavy atom. The molecule has 0 fully saturated rings. The van der Waals surface area contributed by atoms with Gasteiger partial charge in [-0.2, -0.15) is 0 Å². The van der Waals surface area contributed by atoms with Crippen LogP contribution in [0.1, 0.15) is 13.3 Å². The van der Waals surface area contributed by atoms with Gasteiger partial charge in [-0.1, -0.05) is 6.92 Å². The van der Waals surface area contributed by atoms with Gasteiger partial charge in [0, 0.05) is 14.1 Å². The zero-order valence-electron chi connectivity index (χ0n) is 10.8. The number of anilines is 1. The highest BCUT2D eigenvalue weighted by Gasteiger charge is 2.17. The molecular formula is C12H17N3O2S. The summed E-state index contributed by atoms with van der Waals surface area (Å²) in [6.07, 6.45) is 2.33. The average Bonchev–Trinajstić information content (AvgIpc) is 2.69. The molecule has 0 aliphatic carbocycles. The highest BCUT2D eigenvalue weighted by Crippen LogP contribution is 2.22. The number of imidazole rings is 1. The van der Waals surface area contributed by atoms with Gasteiger partial charge in [0.2, 0.25) is 10.0 Å². The van der Waals surface area contributed by atoms with Crippen molar-refractivity contribution < 1.29 is 8.42 Å². The summed E-state index contributed by atoms with van der Waals surface area (Å²) in [6, 6.07) is 5.48. The number of sulfonamides is 1. The Kier molecular flexibility index (Phi) is 3.30. The first-order valence-electron chi connectivity index (χ1n) is 5.83. The molecule has 98 valence electrons. The fourth-order valence-corrected chi connectivity index (χ4v) is 3.10. The molecule has 2 rings (SSSR count). The molecule has 0 radical (unpaired) electrons. The Labute approximate surface area is 107 Å². The van der Waals surface area contributed by atoms with E-state index in [1.165, 1.54) is 4.31 Å². The molecule has 0 amide bonds. The number of aromatic nitrogens is 2. The Bertz CT molecular complexity index is 661. The van der Waals surface area contributed by atoms with E-state index in [4.69, 9.17) is 0 Å². The number of hydrogen-bond donors (Lipinski definition) is 0. The lowest BCUT2D eigenvalue weighted by Gasteiger charge is -2.19. The standard InChI is InChI=1S/C12H17N3O2S/c1-4-7-18(16,17)15(3)10-5-6-12-11(8-10)13-9-14(12)2/h5-6,8-9H,4,7H2,1-3H3. The molecule has 0 aliphatic rings. The van der Waals surface area contributed by atoms with Crippen LogP contribution in [0.25, 0.3) is 11.0 Å². The van der Waals surface area contributed by atoms with E-state index in [9.17, 15) is 8.42 Å². The maximum Gasteiger partial charge on any atom is 0.234 e. The van der Waals surface area contributed by atoms with E-state index in [0.29, 0.717) is 12.1 Å². The van der Waals surface area contributed by atoms with Gasteiger partial charge in [-0.25, -0.2) is 13.4 Å². The molecule has 5 nitrogen and oxygen atoms in total. The Hall–Kier alpha value is -1.56. The number of fused-ring (bicyclic) bond motifs is 1. The predicted octanol–water partition coefficient (Wildman–Crippen LogP) is 1.75. The van der Waals surface area contributed by atoms with Crippen LogP contribution in [0.4, 0.5) is 5.69 Å². The van der Waals surface area contributed by atoms with E-state index in [0.717, 1.165) is 11.0 Å². The zero-order chi connectivity index (χ0) is 13.3. The van der Waals surface area contributed by atoms with Gasteiger partial charge in [0.15, 0.2) is 0 Å². The summed E-state index contributed by atoms with van der Waals surface area (Å²) in [5, 5.41) is 0. The van der Waals surface area contributed by atoms with E-state index in [1.54, 1.807) is 25.5 Å². The predicted molar refractivity (Wildman–Crippen MR) is 73.2 cm³/mol. The normalized spacial score (nSPS) is 11.9. The van der Waals surface area contributed by atoms with Crippen LogP contribution in [0.15, 0.2) is 24.5 Å². The number of aryl methyl sites for hydroxylation is 1. The molecule has 0 bridgehead atoms. The number of nitrogens with zero attached hydrogens (tertiary/aromatic N) is 3. The molecule has 2 aromatic rings. The second-order valence-corrected chi connectivity index (χ2v) is 6.43. The minimum atomic E-state index is -3.23. The third kappa shape index (κ3) is 2.20. The molecular weight excluding hydrogens is 250 g/mol. The van der Waals surface area contributed by atoms with Crippen LogP contribution in [0.5, 0.6) is 0 Å². The quantitative estimate of drug-likeness (QED) is 0.848. The maximum absolute atomic E-state index is 12.0. The molecule has 0 saturated heterocycles. The SMILES string of the molecule is CCCS(=O)(=O)N(C)c1ccc2c(c1)ncn2C. The van der Waals surface area contributed by atoms with Crippen LogP contribution in [-0.4, -0.2) is 30.8 Å². The van der Waals surface area contributed by atoms with Crippen molar-refractivity contribution in [1.82, 2.24) is 9.55 Å². The first-order valence-corrected chi connectivity index (χ1v) is 7.44. The molecule has 1 aromatic heterocycles. The van der Waals surface area contributed by atoms with Crippen LogP contribution in [0, 0.1) is 0 Å². The number of hydrogen-bond acceptors (Lipinski definition) is 3.